The molecule has 192 valence electrons. The number of benzene rings is 3. The summed E-state index contributed by atoms with van der Waals surface area (Å²) in [5.74, 6) is -0.679. The molecule has 8 heteroatoms. The fourth-order valence-corrected chi connectivity index (χ4v) is 5.49. The number of likely N-dealkylation sites (tertiary alicyclic amines) is 1. The van der Waals surface area contributed by atoms with Crippen molar-refractivity contribution in [2.24, 2.45) is 0 Å². The fraction of sp³-hybridized carbons (Fsp3) is 0.310. The fourth-order valence-electron chi connectivity index (χ4n) is 5.08. The van der Waals surface area contributed by atoms with Crippen molar-refractivity contribution in [3.8, 4) is 5.75 Å². The molecule has 0 spiro atoms. The van der Waals surface area contributed by atoms with E-state index in [2.05, 4.69) is 20.8 Å². The Morgan fingerprint density at radius 3 is 2.54 bits per heavy atom. The molecule has 1 amide bonds. The van der Waals surface area contributed by atoms with Crippen LogP contribution >= 0.6 is 15.9 Å². The third-order valence-corrected chi connectivity index (χ3v) is 7.50. The maximum atomic E-state index is 13.3. The molecule has 2 aliphatic heterocycles. The van der Waals surface area contributed by atoms with Gasteiger partial charge in [0.25, 0.3) is 11.7 Å². The van der Waals surface area contributed by atoms with E-state index in [1.165, 1.54) is 0 Å². The maximum Gasteiger partial charge on any atom is 0.295 e. The van der Waals surface area contributed by atoms with Crippen molar-refractivity contribution in [3.05, 3.63) is 81.8 Å². The standard InChI is InChI=1S/C29H29BrN2O5/c1-36-24-9-8-19-16-22(7-6-20(19)18-24)27(33)25-26(21-4-2-5-23(30)17-21)32(29(35)28(25)34)11-3-10-31-12-14-37-15-13-31/h2,4-9,16-18,26,33H,3,10-15H2,1H3/b27-25+. The zero-order chi connectivity index (χ0) is 25.9. The van der Waals surface area contributed by atoms with Gasteiger partial charge < -0.3 is 19.5 Å². The molecule has 0 saturated carbocycles. The molecular formula is C29H29BrN2O5. The van der Waals surface area contributed by atoms with Gasteiger partial charge >= 0.3 is 0 Å². The number of aliphatic hydroxyl groups is 1. The van der Waals surface area contributed by atoms with Crippen LogP contribution in [0, 0.1) is 0 Å². The number of ketones is 1. The number of amides is 1. The Bertz CT molecular complexity index is 1370. The minimum atomic E-state index is -0.672. The largest absolute Gasteiger partial charge is 0.507 e. The number of fused-ring (bicyclic) bond motifs is 1. The minimum Gasteiger partial charge on any atom is -0.507 e. The summed E-state index contributed by atoms with van der Waals surface area (Å²) in [6.45, 7) is 4.37. The zero-order valence-corrected chi connectivity index (χ0v) is 22.2. The molecule has 2 fully saturated rings. The number of halogens is 1. The number of hydrogen-bond acceptors (Lipinski definition) is 6. The number of aliphatic hydroxyl groups excluding tert-OH is 1. The summed E-state index contributed by atoms with van der Waals surface area (Å²) in [6.07, 6.45) is 0.718. The molecule has 2 saturated heterocycles. The summed E-state index contributed by atoms with van der Waals surface area (Å²) in [6, 6.07) is 18.0. The van der Waals surface area contributed by atoms with E-state index in [-0.39, 0.29) is 11.3 Å². The molecular weight excluding hydrogens is 536 g/mol. The summed E-state index contributed by atoms with van der Waals surface area (Å²) in [4.78, 5) is 30.5. The van der Waals surface area contributed by atoms with E-state index in [4.69, 9.17) is 9.47 Å². The van der Waals surface area contributed by atoms with E-state index in [1.807, 2.05) is 54.6 Å². The van der Waals surface area contributed by atoms with Gasteiger partial charge in [0.1, 0.15) is 11.5 Å². The summed E-state index contributed by atoms with van der Waals surface area (Å²) in [5.41, 5.74) is 1.37. The van der Waals surface area contributed by atoms with E-state index < -0.39 is 17.7 Å². The topological polar surface area (TPSA) is 79.3 Å². The third kappa shape index (κ3) is 5.28. The number of rotatable bonds is 7. The summed E-state index contributed by atoms with van der Waals surface area (Å²) < 4.78 is 11.6. The molecule has 1 N–H and O–H groups in total. The number of Topliss-reactive ketones (excluding diaryl/α,β-unsaturated/α-hetero) is 1. The number of carbonyl (C=O) groups excluding carboxylic acids is 2. The number of methoxy groups -OCH3 is 1. The molecule has 5 rings (SSSR count). The minimum absolute atomic E-state index is 0.113. The Hall–Kier alpha value is -3.20. The van der Waals surface area contributed by atoms with Crippen molar-refractivity contribution in [2.45, 2.75) is 12.5 Å². The monoisotopic (exact) mass is 564 g/mol. The molecule has 1 atom stereocenters. The molecule has 2 aliphatic rings. The lowest BCUT2D eigenvalue weighted by atomic mass is 9.94. The number of morpholine rings is 1. The second-order valence-corrected chi connectivity index (χ2v) is 10.2. The van der Waals surface area contributed by atoms with Crippen molar-refractivity contribution in [1.82, 2.24) is 9.80 Å². The Labute approximate surface area is 224 Å². The van der Waals surface area contributed by atoms with Gasteiger partial charge in [0.2, 0.25) is 0 Å². The molecule has 3 aromatic carbocycles. The van der Waals surface area contributed by atoms with E-state index in [0.717, 1.165) is 52.6 Å². The Morgan fingerprint density at radius 2 is 1.78 bits per heavy atom. The van der Waals surface area contributed by atoms with E-state index >= 15 is 0 Å². The molecule has 2 heterocycles. The normalized spacial score (nSPS) is 20.1. The first-order valence-corrected chi connectivity index (χ1v) is 13.2. The molecule has 0 radical (unpaired) electrons. The van der Waals surface area contributed by atoms with Gasteiger partial charge in [-0.05, 0) is 53.1 Å². The quantitative estimate of drug-likeness (QED) is 0.253. The number of nitrogens with zero attached hydrogens (tertiary/aromatic N) is 2. The molecule has 37 heavy (non-hydrogen) atoms. The van der Waals surface area contributed by atoms with Crippen LogP contribution in [0.1, 0.15) is 23.6 Å². The van der Waals surface area contributed by atoms with E-state index in [0.29, 0.717) is 25.3 Å². The second kappa shape index (κ2) is 11.0. The van der Waals surface area contributed by atoms with Crippen molar-refractivity contribution in [3.63, 3.8) is 0 Å². The number of carbonyl (C=O) groups is 2. The molecule has 0 bridgehead atoms. The smallest absolute Gasteiger partial charge is 0.295 e. The lowest BCUT2D eigenvalue weighted by Gasteiger charge is -2.29. The Morgan fingerprint density at radius 1 is 1.03 bits per heavy atom. The average molecular weight is 565 g/mol. The van der Waals surface area contributed by atoms with Gasteiger partial charge in [0.15, 0.2) is 0 Å². The molecule has 1 unspecified atom stereocenters. The summed E-state index contributed by atoms with van der Waals surface area (Å²) in [5, 5.41) is 13.3. The van der Waals surface area contributed by atoms with Crippen molar-refractivity contribution in [1.29, 1.82) is 0 Å². The highest BCUT2D eigenvalue weighted by molar-refractivity contribution is 9.10. The second-order valence-electron chi connectivity index (χ2n) is 9.28. The lowest BCUT2D eigenvalue weighted by molar-refractivity contribution is -0.140. The maximum absolute atomic E-state index is 13.3. The highest BCUT2D eigenvalue weighted by Gasteiger charge is 2.45. The van der Waals surface area contributed by atoms with Crippen molar-refractivity contribution >= 4 is 44.2 Å². The van der Waals surface area contributed by atoms with Crippen molar-refractivity contribution < 1.29 is 24.2 Å². The van der Waals surface area contributed by atoms with Crippen LogP contribution in [-0.4, -0.2) is 73.1 Å². The van der Waals surface area contributed by atoms with Crippen molar-refractivity contribution in [2.75, 3.05) is 46.5 Å². The van der Waals surface area contributed by atoms with E-state index in [9.17, 15) is 14.7 Å². The summed E-state index contributed by atoms with van der Waals surface area (Å²) >= 11 is 3.51. The van der Waals surface area contributed by atoms with Crippen LogP contribution in [0.15, 0.2) is 70.7 Å². The molecule has 0 aromatic heterocycles. The highest BCUT2D eigenvalue weighted by Crippen LogP contribution is 2.40. The number of hydrogen-bond donors (Lipinski definition) is 1. The molecule has 3 aromatic rings. The van der Waals surface area contributed by atoms with Crippen LogP contribution < -0.4 is 4.74 Å². The molecule has 0 aliphatic carbocycles. The Balaban J connectivity index is 1.51. The van der Waals surface area contributed by atoms with Gasteiger partial charge in [-0.25, -0.2) is 0 Å². The van der Waals surface area contributed by atoms with Gasteiger partial charge in [-0.2, -0.15) is 0 Å². The van der Waals surface area contributed by atoms with Crippen LogP contribution in [0.3, 0.4) is 0 Å². The van der Waals surface area contributed by atoms with E-state index in [1.54, 1.807) is 18.1 Å². The van der Waals surface area contributed by atoms with Crippen LogP contribution in [-0.2, 0) is 14.3 Å². The predicted octanol–water partition coefficient (Wildman–Crippen LogP) is 4.75. The van der Waals surface area contributed by atoms with Gasteiger partial charge in [0.05, 0.1) is 31.9 Å². The summed E-state index contributed by atoms with van der Waals surface area (Å²) in [7, 11) is 1.61. The highest BCUT2D eigenvalue weighted by atomic mass is 79.9. The first-order valence-electron chi connectivity index (χ1n) is 12.4. The van der Waals surface area contributed by atoms with Crippen LogP contribution in [0.2, 0.25) is 0 Å². The Kier molecular flexibility index (Phi) is 7.60. The SMILES string of the molecule is COc1ccc2cc(/C(O)=C3\C(=O)C(=O)N(CCCN4CCOCC4)C3c3cccc(Br)c3)ccc2c1. The van der Waals surface area contributed by atoms with Crippen LogP contribution in [0.4, 0.5) is 0 Å². The first-order chi connectivity index (χ1) is 18.0. The van der Waals surface area contributed by atoms with Crippen LogP contribution in [0.5, 0.6) is 5.75 Å². The van der Waals surface area contributed by atoms with Gasteiger partial charge in [-0.15, -0.1) is 0 Å². The first kappa shape index (κ1) is 25.4. The predicted molar refractivity (Wildman–Crippen MR) is 146 cm³/mol. The average Bonchev–Trinajstić information content (AvgIpc) is 3.17. The van der Waals surface area contributed by atoms with Gasteiger partial charge in [-0.3, -0.25) is 14.5 Å². The molecule has 7 nitrogen and oxygen atoms in total. The lowest BCUT2D eigenvalue weighted by Crippen LogP contribution is -2.38. The number of ether oxygens (including phenoxy) is 2. The van der Waals surface area contributed by atoms with Gasteiger partial charge in [-0.1, -0.05) is 46.3 Å². The van der Waals surface area contributed by atoms with Gasteiger partial charge in [0, 0.05) is 36.2 Å². The zero-order valence-electron chi connectivity index (χ0n) is 20.7. The third-order valence-electron chi connectivity index (χ3n) is 7.00. The van der Waals surface area contributed by atoms with Crippen LogP contribution in [0.25, 0.3) is 16.5 Å².